The largest absolute Gasteiger partial charge is 0.508 e. The van der Waals surface area contributed by atoms with Gasteiger partial charge in [0.05, 0.1) is 0 Å². The van der Waals surface area contributed by atoms with E-state index in [0.717, 1.165) is 37.6 Å². The van der Waals surface area contributed by atoms with E-state index < -0.39 is 0 Å². The Morgan fingerprint density at radius 1 is 0.897 bits per heavy atom. The summed E-state index contributed by atoms with van der Waals surface area (Å²) in [7, 11) is 1.93. The van der Waals surface area contributed by atoms with Gasteiger partial charge in [0, 0.05) is 20.0 Å². The Kier molecular flexibility index (Phi) is 10.6. The third-order valence-electron chi connectivity index (χ3n) is 5.81. The van der Waals surface area contributed by atoms with Gasteiger partial charge in [-0.25, -0.2) is 0 Å². The number of hydrogen-bond donors (Lipinski definition) is 1. The summed E-state index contributed by atoms with van der Waals surface area (Å²) in [6, 6.07) is 12.0. The Morgan fingerprint density at radius 2 is 1.59 bits per heavy atom. The average Bonchev–Trinajstić information content (AvgIpc) is 2.72. The van der Waals surface area contributed by atoms with Crippen LogP contribution < -0.4 is 0 Å². The molecule has 1 N–H and O–H groups in total. The molecule has 0 atom stereocenters. The maximum Gasteiger partial charge on any atom is 0.222 e. The molecule has 2 aromatic rings. The molecule has 1 amide bonds. The number of amides is 1. The van der Waals surface area contributed by atoms with Crippen LogP contribution in [-0.2, 0) is 11.2 Å². The van der Waals surface area contributed by atoms with E-state index in [2.05, 4.69) is 25.1 Å². The number of phenolic OH excluding ortho intramolecular Hbond substituents is 1. The molecule has 0 bridgehead atoms. The molecule has 0 aliphatic carbocycles. The lowest BCUT2D eigenvalue weighted by Gasteiger charge is -2.16. The molecule has 2 rings (SSSR count). The van der Waals surface area contributed by atoms with Crippen molar-refractivity contribution < 1.29 is 9.90 Å². The first-order valence-electron chi connectivity index (χ1n) is 11.6. The minimum absolute atomic E-state index is 0.307. The minimum Gasteiger partial charge on any atom is -0.508 e. The Morgan fingerprint density at radius 3 is 2.31 bits per heavy atom. The fraction of sp³-hybridized carbons (Fsp3) is 0.577. The van der Waals surface area contributed by atoms with Crippen molar-refractivity contribution in [2.24, 2.45) is 0 Å². The number of unbranched alkanes of at least 4 members (excludes halogenated alkanes) is 8. The zero-order valence-electron chi connectivity index (χ0n) is 18.5. The van der Waals surface area contributed by atoms with Gasteiger partial charge in [-0.15, -0.1) is 0 Å². The van der Waals surface area contributed by atoms with Crippen molar-refractivity contribution >= 4 is 16.7 Å². The van der Waals surface area contributed by atoms with Crippen LogP contribution in [0.1, 0.15) is 83.1 Å². The first kappa shape index (κ1) is 23.3. The highest BCUT2D eigenvalue weighted by Crippen LogP contribution is 2.24. The van der Waals surface area contributed by atoms with Crippen LogP contribution in [0, 0.1) is 0 Å². The normalized spacial score (nSPS) is 11.1. The first-order chi connectivity index (χ1) is 14.1. The summed E-state index contributed by atoms with van der Waals surface area (Å²) in [6.07, 6.45) is 13.9. The highest BCUT2D eigenvalue weighted by atomic mass is 16.3. The van der Waals surface area contributed by atoms with E-state index in [1.165, 1.54) is 55.9 Å². The van der Waals surface area contributed by atoms with Crippen LogP contribution in [0.5, 0.6) is 5.75 Å². The quantitative estimate of drug-likeness (QED) is 0.354. The SMILES string of the molecule is CCCCN(C)C(=O)CCCCCCCCCCc1cccc2cc(O)ccc12. The summed E-state index contributed by atoms with van der Waals surface area (Å²) in [5, 5.41) is 12.0. The molecule has 3 heteroatoms. The molecule has 0 fully saturated rings. The lowest BCUT2D eigenvalue weighted by Crippen LogP contribution is -2.27. The molecule has 0 saturated carbocycles. The predicted molar refractivity (Wildman–Crippen MR) is 123 cm³/mol. The number of fused-ring (bicyclic) bond motifs is 1. The highest BCUT2D eigenvalue weighted by Gasteiger charge is 2.07. The second-order valence-corrected chi connectivity index (χ2v) is 8.32. The molecule has 0 spiro atoms. The van der Waals surface area contributed by atoms with Gasteiger partial charge in [-0.2, -0.15) is 0 Å². The van der Waals surface area contributed by atoms with Gasteiger partial charge in [-0.1, -0.05) is 76.1 Å². The van der Waals surface area contributed by atoms with Gasteiger partial charge in [-0.05, 0) is 54.2 Å². The van der Waals surface area contributed by atoms with Gasteiger partial charge in [-0.3, -0.25) is 4.79 Å². The number of carbonyl (C=O) groups is 1. The maximum absolute atomic E-state index is 12.0. The molecule has 0 heterocycles. The maximum atomic E-state index is 12.0. The van der Waals surface area contributed by atoms with Crippen molar-refractivity contribution in [1.82, 2.24) is 4.90 Å². The van der Waals surface area contributed by atoms with Crippen LogP contribution in [-0.4, -0.2) is 29.5 Å². The molecule has 0 unspecified atom stereocenters. The van der Waals surface area contributed by atoms with Crippen LogP contribution in [0.3, 0.4) is 0 Å². The Hall–Kier alpha value is -2.03. The third-order valence-corrected chi connectivity index (χ3v) is 5.81. The van der Waals surface area contributed by atoms with E-state index in [1.807, 2.05) is 24.1 Å². The van der Waals surface area contributed by atoms with E-state index >= 15 is 0 Å². The number of phenols is 1. The van der Waals surface area contributed by atoms with E-state index in [1.54, 1.807) is 6.07 Å². The van der Waals surface area contributed by atoms with Crippen LogP contribution in [0.2, 0.25) is 0 Å². The first-order valence-corrected chi connectivity index (χ1v) is 11.6. The van der Waals surface area contributed by atoms with Crippen molar-refractivity contribution in [3.05, 3.63) is 42.0 Å². The number of benzene rings is 2. The topological polar surface area (TPSA) is 40.5 Å². The van der Waals surface area contributed by atoms with Crippen molar-refractivity contribution in [2.45, 2.75) is 84.0 Å². The van der Waals surface area contributed by atoms with Crippen LogP contribution in [0.4, 0.5) is 0 Å². The lowest BCUT2D eigenvalue weighted by atomic mass is 9.99. The number of rotatable bonds is 14. The van der Waals surface area contributed by atoms with Gasteiger partial charge in [0.25, 0.3) is 0 Å². The predicted octanol–water partition coefficient (Wildman–Crippen LogP) is 6.86. The van der Waals surface area contributed by atoms with E-state index in [9.17, 15) is 9.90 Å². The van der Waals surface area contributed by atoms with Crippen molar-refractivity contribution in [3.63, 3.8) is 0 Å². The van der Waals surface area contributed by atoms with Crippen molar-refractivity contribution in [2.75, 3.05) is 13.6 Å². The third kappa shape index (κ3) is 8.47. The summed E-state index contributed by atoms with van der Waals surface area (Å²) in [4.78, 5) is 13.9. The van der Waals surface area contributed by atoms with E-state index in [0.29, 0.717) is 18.1 Å². The van der Waals surface area contributed by atoms with Gasteiger partial charge in [0.1, 0.15) is 5.75 Å². The van der Waals surface area contributed by atoms with Crippen LogP contribution >= 0.6 is 0 Å². The van der Waals surface area contributed by atoms with Crippen molar-refractivity contribution in [3.8, 4) is 5.75 Å². The fourth-order valence-electron chi connectivity index (χ4n) is 3.92. The lowest BCUT2D eigenvalue weighted by molar-refractivity contribution is -0.130. The Balaban J connectivity index is 1.50. The summed E-state index contributed by atoms with van der Waals surface area (Å²) in [5.74, 6) is 0.643. The Labute approximate surface area is 177 Å². The second kappa shape index (κ2) is 13.2. The highest BCUT2D eigenvalue weighted by molar-refractivity contribution is 5.86. The average molecular weight is 398 g/mol. The van der Waals surface area contributed by atoms with Crippen LogP contribution in [0.25, 0.3) is 10.8 Å². The van der Waals surface area contributed by atoms with E-state index in [-0.39, 0.29) is 0 Å². The summed E-state index contributed by atoms with van der Waals surface area (Å²) < 4.78 is 0. The fourth-order valence-corrected chi connectivity index (χ4v) is 3.92. The number of aryl methyl sites for hydroxylation is 1. The molecule has 29 heavy (non-hydrogen) atoms. The molecular weight excluding hydrogens is 358 g/mol. The van der Waals surface area contributed by atoms with E-state index in [4.69, 9.17) is 0 Å². The minimum atomic E-state index is 0.307. The van der Waals surface area contributed by atoms with Gasteiger partial charge < -0.3 is 10.0 Å². The smallest absolute Gasteiger partial charge is 0.222 e. The zero-order chi connectivity index (χ0) is 20.9. The van der Waals surface area contributed by atoms with Crippen molar-refractivity contribution in [1.29, 1.82) is 0 Å². The molecule has 0 radical (unpaired) electrons. The molecule has 0 saturated heterocycles. The van der Waals surface area contributed by atoms with Gasteiger partial charge >= 0.3 is 0 Å². The number of hydrogen-bond acceptors (Lipinski definition) is 2. The number of aromatic hydroxyl groups is 1. The zero-order valence-corrected chi connectivity index (χ0v) is 18.5. The molecule has 3 nitrogen and oxygen atoms in total. The molecule has 160 valence electrons. The monoisotopic (exact) mass is 397 g/mol. The molecule has 0 aliphatic heterocycles. The molecular formula is C26H39NO2. The van der Waals surface area contributed by atoms with Gasteiger partial charge in [0.2, 0.25) is 5.91 Å². The van der Waals surface area contributed by atoms with Gasteiger partial charge in [0.15, 0.2) is 0 Å². The summed E-state index contributed by atoms with van der Waals surface area (Å²) in [5.41, 5.74) is 1.39. The Bertz CT molecular complexity index is 741. The summed E-state index contributed by atoms with van der Waals surface area (Å²) in [6.45, 7) is 3.06. The molecule has 0 aliphatic rings. The number of nitrogens with zero attached hydrogens (tertiary/aromatic N) is 1. The van der Waals surface area contributed by atoms with Crippen LogP contribution in [0.15, 0.2) is 36.4 Å². The molecule has 0 aromatic heterocycles. The second-order valence-electron chi connectivity index (χ2n) is 8.32. The standard InChI is InChI=1S/C26H39NO2/c1-3-4-20-27(2)26(29)17-12-10-8-6-5-7-9-11-14-22-15-13-16-23-21-24(28)18-19-25(22)23/h13,15-16,18-19,21,28H,3-12,14,17,20H2,1-2H3. The molecule has 2 aromatic carbocycles. The summed E-state index contributed by atoms with van der Waals surface area (Å²) >= 11 is 0. The number of carbonyl (C=O) groups excluding carboxylic acids is 1.